The van der Waals surface area contributed by atoms with Gasteiger partial charge in [0.2, 0.25) is 0 Å². The number of hydrogen-bond acceptors (Lipinski definition) is 6. The number of methoxy groups -OCH3 is 1. The van der Waals surface area contributed by atoms with Gasteiger partial charge in [-0.15, -0.1) is 0 Å². The average Bonchev–Trinajstić information content (AvgIpc) is 3.30. The zero-order valence-electron chi connectivity index (χ0n) is 20.1. The molecule has 2 aromatic heterocycles. The predicted octanol–water partition coefficient (Wildman–Crippen LogP) is 4.61. The zero-order chi connectivity index (χ0) is 25.4. The van der Waals surface area contributed by atoms with E-state index in [9.17, 15) is 9.50 Å². The molecule has 7 nitrogen and oxygen atoms in total. The third kappa shape index (κ3) is 4.08. The van der Waals surface area contributed by atoms with Crippen molar-refractivity contribution in [1.29, 1.82) is 0 Å². The summed E-state index contributed by atoms with van der Waals surface area (Å²) in [5.74, 6) is 0.415. The predicted molar refractivity (Wildman–Crippen MR) is 132 cm³/mol. The van der Waals surface area contributed by atoms with Crippen molar-refractivity contribution in [1.82, 2.24) is 14.4 Å². The topological polar surface area (TPSA) is 94.9 Å². The lowest BCUT2D eigenvalue weighted by Crippen LogP contribution is -2.28. The number of alkyl halides is 1. The lowest BCUT2D eigenvalue weighted by atomic mass is 9.88. The summed E-state index contributed by atoms with van der Waals surface area (Å²) in [6.45, 7) is 1.77. The Hall–Kier alpha value is -3.56. The molecule has 4 aromatic rings. The molecule has 0 bridgehead atoms. The largest absolute Gasteiger partial charge is 0.494 e. The molecule has 1 aliphatic heterocycles. The normalized spacial score (nSPS) is 19.8. The van der Waals surface area contributed by atoms with Crippen molar-refractivity contribution in [3.63, 3.8) is 0 Å². The Morgan fingerprint density at radius 2 is 2.00 bits per heavy atom. The van der Waals surface area contributed by atoms with E-state index in [0.29, 0.717) is 29.2 Å². The number of aromatic nitrogens is 3. The zero-order valence-corrected chi connectivity index (χ0v) is 20.1. The maximum atomic E-state index is 15.9. The van der Waals surface area contributed by atoms with E-state index in [1.807, 2.05) is 10.6 Å². The van der Waals surface area contributed by atoms with E-state index in [0.717, 1.165) is 24.2 Å². The summed E-state index contributed by atoms with van der Waals surface area (Å²) in [6.07, 6.45) is 4.83. The molecule has 1 saturated heterocycles. The quantitative estimate of drug-likeness (QED) is 0.406. The molecule has 0 aliphatic carbocycles. The number of nitrogens with zero attached hydrogens (tertiary/aromatic N) is 3. The summed E-state index contributed by atoms with van der Waals surface area (Å²) in [5.41, 5.74) is 6.38. The summed E-state index contributed by atoms with van der Waals surface area (Å²) >= 11 is 0. The minimum Gasteiger partial charge on any atom is -0.494 e. The standard InChI is InChI=1S/C27H28F2N4O3/c1-27(29,20-4-3-5-21(35-2)22(20)28)18-9-6-16(7-10-18)23-24-25(30)31-12-13-33(24)26(32-23)17-8-11-19(14-34)36-15-17/h3-7,9-10,12-13,17,19,34H,8,11,14-15H2,1-2H3,(H2,30,31). The minimum absolute atomic E-state index is 0.00330. The number of benzene rings is 2. The van der Waals surface area contributed by atoms with E-state index in [1.54, 1.807) is 36.5 Å². The van der Waals surface area contributed by atoms with Crippen molar-refractivity contribution in [2.24, 2.45) is 0 Å². The number of halogens is 2. The van der Waals surface area contributed by atoms with E-state index in [-0.39, 0.29) is 29.9 Å². The molecule has 0 saturated carbocycles. The molecule has 0 spiro atoms. The van der Waals surface area contributed by atoms with Gasteiger partial charge in [-0.2, -0.15) is 0 Å². The van der Waals surface area contributed by atoms with Crippen LogP contribution in [0.4, 0.5) is 14.6 Å². The molecule has 3 heterocycles. The van der Waals surface area contributed by atoms with E-state index in [4.69, 9.17) is 20.2 Å². The summed E-state index contributed by atoms with van der Waals surface area (Å²) in [6, 6.07) is 11.2. The molecule has 0 radical (unpaired) electrons. The van der Waals surface area contributed by atoms with Gasteiger partial charge in [0.05, 0.1) is 26.4 Å². The van der Waals surface area contributed by atoms with Crippen molar-refractivity contribution in [3.8, 4) is 17.0 Å². The number of nitrogens with two attached hydrogens (primary N) is 1. The van der Waals surface area contributed by atoms with Gasteiger partial charge in [0, 0.05) is 29.4 Å². The van der Waals surface area contributed by atoms with Gasteiger partial charge in [0.15, 0.2) is 17.2 Å². The molecule has 2 aromatic carbocycles. The number of ether oxygens (including phenoxy) is 2. The average molecular weight is 495 g/mol. The Labute approximate surface area is 207 Å². The number of nitrogen functional groups attached to an aromatic ring is 1. The van der Waals surface area contributed by atoms with Crippen molar-refractivity contribution < 1.29 is 23.4 Å². The maximum Gasteiger partial charge on any atom is 0.171 e. The highest BCUT2D eigenvalue weighted by molar-refractivity contribution is 5.85. The smallest absolute Gasteiger partial charge is 0.171 e. The maximum absolute atomic E-state index is 15.9. The third-order valence-corrected chi connectivity index (χ3v) is 6.94. The molecule has 36 heavy (non-hydrogen) atoms. The van der Waals surface area contributed by atoms with Gasteiger partial charge in [0.25, 0.3) is 0 Å². The lowest BCUT2D eigenvalue weighted by molar-refractivity contribution is -0.0282. The summed E-state index contributed by atoms with van der Waals surface area (Å²) in [5, 5.41) is 9.38. The van der Waals surface area contributed by atoms with Crippen LogP contribution in [0.3, 0.4) is 0 Å². The van der Waals surface area contributed by atoms with Gasteiger partial charge in [0.1, 0.15) is 22.9 Å². The Morgan fingerprint density at radius 1 is 1.22 bits per heavy atom. The second kappa shape index (κ2) is 9.48. The summed E-state index contributed by atoms with van der Waals surface area (Å²) < 4.78 is 43.5. The number of rotatable bonds is 6. The third-order valence-electron chi connectivity index (χ3n) is 6.94. The van der Waals surface area contributed by atoms with Crippen molar-refractivity contribution in [2.75, 3.05) is 26.1 Å². The first-order valence-electron chi connectivity index (χ1n) is 11.8. The van der Waals surface area contributed by atoms with E-state index >= 15 is 4.39 Å². The van der Waals surface area contributed by atoms with Crippen LogP contribution in [0.25, 0.3) is 16.8 Å². The highest BCUT2D eigenvalue weighted by Gasteiger charge is 2.33. The lowest BCUT2D eigenvalue weighted by Gasteiger charge is -2.27. The van der Waals surface area contributed by atoms with Crippen molar-refractivity contribution in [3.05, 3.63) is 77.6 Å². The van der Waals surface area contributed by atoms with E-state index < -0.39 is 11.5 Å². The summed E-state index contributed by atoms with van der Waals surface area (Å²) in [7, 11) is 1.35. The number of imidazole rings is 1. The van der Waals surface area contributed by atoms with Crippen LogP contribution >= 0.6 is 0 Å². The number of fused-ring (bicyclic) bond motifs is 1. The molecule has 3 N–H and O–H groups in total. The summed E-state index contributed by atoms with van der Waals surface area (Å²) in [4.78, 5) is 9.15. The SMILES string of the molecule is COc1cccc(C(C)(F)c2ccc(-c3nc(C4CCC(CO)OC4)n4ccnc(N)c34)cc2)c1F. The number of anilines is 1. The van der Waals surface area contributed by atoms with Crippen LogP contribution in [0.5, 0.6) is 5.75 Å². The molecule has 9 heteroatoms. The molecular weight excluding hydrogens is 466 g/mol. The van der Waals surface area contributed by atoms with Gasteiger partial charge in [-0.25, -0.2) is 18.7 Å². The molecule has 0 amide bonds. The molecule has 3 atom stereocenters. The molecule has 3 unspecified atom stereocenters. The van der Waals surface area contributed by atoms with Gasteiger partial charge in [-0.3, -0.25) is 4.40 Å². The second-order valence-electron chi connectivity index (χ2n) is 9.16. The Kier molecular flexibility index (Phi) is 6.36. The molecule has 188 valence electrons. The Bertz CT molecular complexity index is 1380. The van der Waals surface area contributed by atoms with Crippen molar-refractivity contribution in [2.45, 2.75) is 37.5 Å². The van der Waals surface area contributed by atoms with Crippen molar-refractivity contribution >= 4 is 11.3 Å². The van der Waals surface area contributed by atoms with Crippen LogP contribution in [-0.4, -0.2) is 45.9 Å². The van der Waals surface area contributed by atoms with Gasteiger partial charge in [-0.05, 0) is 31.4 Å². The monoisotopic (exact) mass is 494 g/mol. The van der Waals surface area contributed by atoms with Crippen LogP contribution in [0.1, 0.15) is 42.6 Å². The number of aliphatic hydroxyl groups is 1. The minimum atomic E-state index is -2.08. The first-order valence-corrected chi connectivity index (χ1v) is 11.8. The second-order valence-corrected chi connectivity index (χ2v) is 9.16. The highest BCUT2D eigenvalue weighted by atomic mass is 19.1. The number of hydrogen-bond donors (Lipinski definition) is 2. The first-order chi connectivity index (χ1) is 17.3. The van der Waals surface area contributed by atoms with Gasteiger partial charge < -0.3 is 20.3 Å². The Balaban J connectivity index is 1.52. The fraction of sp³-hybridized carbons (Fsp3) is 0.333. The van der Waals surface area contributed by atoms with Gasteiger partial charge in [-0.1, -0.05) is 36.4 Å². The van der Waals surface area contributed by atoms with Crippen LogP contribution in [-0.2, 0) is 10.4 Å². The molecular formula is C27H28F2N4O3. The van der Waals surface area contributed by atoms with Crippen LogP contribution in [0, 0.1) is 5.82 Å². The fourth-order valence-electron chi connectivity index (χ4n) is 4.86. The first kappa shape index (κ1) is 24.1. The molecule has 1 fully saturated rings. The molecule has 5 rings (SSSR count). The van der Waals surface area contributed by atoms with Crippen LogP contribution in [0.15, 0.2) is 54.9 Å². The van der Waals surface area contributed by atoms with E-state index in [1.165, 1.54) is 26.2 Å². The van der Waals surface area contributed by atoms with E-state index in [2.05, 4.69) is 4.98 Å². The fourth-order valence-corrected chi connectivity index (χ4v) is 4.86. The molecule has 1 aliphatic rings. The van der Waals surface area contributed by atoms with Crippen LogP contribution in [0.2, 0.25) is 0 Å². The number of aliphatic hydroxyl groups excluding tert-OH is 1. The van der Waals surface area contributed by atoms with Crippen LogP contribution < -0.4 is 10.5 Å². The van der Waals surface area contributed by atoms with Gasteiger partial charge >= 0.3 is 0 Å². The highest BCUT2D eigenvalue weighted by Crippen LogP contribution is 2.39. The Morgan fingerprint density at radius 3 is 2.67 bits per heavy atom.